The molecule has 0 spiro atoms. The number of hydrogen-bond donors (Lipinski definition) is 1. The highest BCUT2D eigenvalue weighted by Gasteiger charge is 2.12. The Hall–Kier alpha value is -1.54. The zero-order valence-electron chi connectivity index (χ0n) is 13.6. The summed E-state index contributed by atoms with van der Waals surface area (Å²) in [6.45, 7) is 8.11. The van der Waals surface area contributed by atoms with E-state index in [1.54, 1.807) is 0 Å². The largest absolute Gasteiger partial charge is 0.481 e. The van der Waals surface area contributed by atoms with Gasteiger partial charge in [-0.25, -0.2) is 0 Å². The van der Waals surface area contributed by atoms with Gasteiger partial charge in [0.2, 0.25) is 0 Å². The van der Waals surface area contributed by atoms with Crippen LogP contribution in [0, 0.1) is 12.3 Å². The van der Waals surface area contributed by atoms with Gasteiger partial charge in [-0.2, -0.15) is 0 Å². The molecule has 0 radical (unpaired) electrons. The molecule has 1 fully saturated rings. The second-order valence-corrected chi connectivity index (χ2v) is 5.78. The molecule has 1 N–H and O–H groups in total. The number of ether oxygens (including phenoxy) is 1. The molecule has 4 heteroatoms. The summed E-state index contributed by atoms with van der Waals surface area (Å²) in [6.07, 6.45) is 6.42. The Morgan fingerprint density at radius 1 is 1.23 bits per heavy atom. The normalized spacial score (nSPS) is 16.4. The summed E-state index contributed by atoms with van der Waals surface area (Å²) in [7, 11) is 2.19. The quantitative estimate of drug-likeness (QED) is 0.581. The highest BCUT2D eigenvalue weighted by molar-refractivity contribution is 5.33. The zero-order valence-corrected chi connectivity index (χ0v) is 13.6. The van der Waals surface area contributed by atoms with Crippen LogP contribution in [0.15, 0.2) is 24.3 Å². The van der Waals surface area contributed by atoms with Gasteiger partial charge < -0.3 is 19.9 Å². The average molecular weight is 301 g/mol. The predicted octanol–water partition coefficient (Wildman–Crippen LogP) is 1.43. The number of likely N-dealkylation sites (N-methyl/N-ethyl adjacent to an activating group) is 1. The van der Waals surface area contributed by atoms with Crippen LogP contribution in [0.3, 0.4) is 0 Å². The number of piperazine rings is 1. The van der Waals surface area contributed by atoms with E-state index in [0.29, 0.717) is 6.61 Å². The fraction of sp³-hybridized carbons (Fsp3) is 0.556. The summed E-state index contributed by atoms with van der Waals surface area (Å²) in [4.78, 5) is 4.94. The fourth-order valence-electron chi connectivity index (χ4n) is 2.63. The lowest BCUT2D eigenvalue weighted by Gasteiger charge is -2.32. The van der Waals surface area contributed by atoms with Crippen molar-refractivity contribution in [2.24, 2.45) is 0 Å². The maximum Gasteiger partial charge on any atom is 0.148 e. The third-order valence-electron chi connectivity index (χ3n) is 4.02. The maximum atomic E-state index is 5.56. The SMILES string of the molecule is C#CCOc1ccccc1CNCCCN1CCN(C)CC1. The lowest BCUT2D eigenvalue weighted by atomic mass is 10.2. The minimum atomic E-state index is 0.320. The molecule has 120 valence electrons. The molecule has 0 bridgehead atoms. The van der Waals surface area contributed by atoms with E-state index < -0.39 is 0 Å². The Kier molecular flexibility index (Phi) is 7.24. The molecule has 22 heavy (non-hydrogen) atoms. The third kappa shape index (κ3) is 5.69. The van der Waals surface area contributed by atoms with Crippen molar-refractivity contribution in [1.29, 1.82) is 0 Å². The number of benzene rings is 1. The molecule has 0 amide bonds. The van der Waals surface area contributed by atoms with E-state index in [4.69, 9.17) is 11.2 Å². The molecule has 0 aliphatic carbocycles. The van der Waals surface area contributed by atoms with E-state index in [1.165, 1.54) is 39.1 Å². The van der Waals surface area contributed by atoms with E-state index in [-0.39, 0.29) is 0 Å². The third-order valence-corrected chi connectivity index (χ3v) is 4.02. The molecule has 0 saturated carbocycles. The average Bonchev–Trinajstić information content (AvgIpc) is 2.55. The van der Waals surface area contributed by atoms with Gasteiger partial charge in [0.15, 0.2) is 0 Å². The van der Waals surface area contributed by atoms with Gasteiger partial charge in [-0.15, -0.1) is 6.42 Å². The van der Waals surface area contributed by atoms with E-state index in [1.807, 2.05) is 18.2 Å². The summed E-state index contributed by atoms with van der Waals surface area (Å²) >= 11 is 0. The summed E-state index contributed by atoms with van der Waals surface area (Å²) in [5.74, 6) is 3.39. The molecule has 1 aliphatic heterocycles. The molecule has 2 rings (SSSR count). The smallest absolute Gasteiger partial charge is 0.148 e. The Morgan fingerprint density at radius 2 is 2.00 bits per heavy atom. The molecule has 0 atom stereocenters. The molecular weight excluding hydrogens is 274 g/mol. The molecule has 0 unspecified atom stereocenters. The number of hydrogen-bond acceptors (Lipinski definition) is 4. The van der Waals surface area contributed by atoms with Crippen LogP contribution in [0.2, 0.25) is 0 Å². The first kappa shape index (κ1) is 16.8. The van der Waals surface area contributed by atoms with Crippen molar-refractivity contribution in [2.75, 3.05) is 52.9 Å². The van der Waals surface area contributed by atoms with Crippen LogP contribution < -0.4 is 10.1 Å². The summed E-state index contributed by atoms with van der Waals surface area (Å²) in [6, 6.07) is 8.06. The van der Waals surface area contributed by atoms with Gasteiger partial charge in [-0.05, 0) is 32.6 Å². The molecule has 1 aromatic carbocycles. The van der Waals surface area contributed by atoms with Crippen molar-refractivity contribution in [3.63, 3.8) is 0 Å². The van der Waals surface area contributed by atoms with Crippen LogP contribution in [0.4, 0.5) is 0 Å². The van der Waals surface area contributed by atoms with Crippen molar-refractivity contribution in [3.8, 4) is 18.1 Å². The van der Waals surface area contributed by atoms with Gasteiger partial charge in [0.05, 0.1) is 0 Å². The molecule has 4 nitrogen and oxygen atoms in total. The van der Waals surface area contributed by atoms with Crippen molar-refractivity contribution < 1.29 is 4.74 Å². The summed E-state index contributed by atoms with van der Waals surface area (Å²) < 4.78 is 5.56. The van der Waals surface area contributed by atoms with E-state index in [9.17, 15) is 0 Å². The van der Waals surface area contributed by atoms with Crippen molar-refractivity contribution in [1.82, 2.24) is 15.1 Å². The van der Waals surface area contributed by atoms with Crippen LogP contribution in [0.1, 0.15) is 12.0 Å². The Balaban J connectivity index is 1.63. The lowest BCUT2D eigenvalue weighted by Crippen LogP contribution is -2.45. The topological polar surface area (TPSA) is 27.7 Å². The van der Waals surface area contributed by atoms with Gasteiger partial charge in [0, 0.05) is 38.3 Å². The Labute approximate surface area is 134 Å². The number of terminal acetylenes is 1. The summed E-state index contributed by atoms with van der Waals surface area (Å²) in [5.41, 5.74) is 1.16. The van der Waals surface area contributed by atoms with Gasteiger partial charge in [0.1, 0.15) is 12.4 Å². The summed E-state index contributed by atoms with van der Waals surface area (Å²) in [5, 5.41) is 3.50. The highest BCUT2D eigenvalue weighted by atomic mass is 16.5. The Morgan fingerprint density at radius 3 is 2.77 bits per heavy atom. The monoisotopic (exact) mass is 301 g/mol. The minimum Gasteiger partial charge on any atom is -0.481 e. The van der Waals surface area contributed by atoms with Crippen molar-refractivity contribution in [2.45, 2.75) is 13.0 Å². The first-order chi connectivity index (χ1) is 10.8. The molecule has 1 saturated heterocycles. The molecule has 1 heterocycles. The minimum absolute atomic E-state index is 0.320. The Bertz CT molecular complexity index is 475. The molecular formula is C18H27N3O. The first-order valence-corrected chi connectivity index (χ1v) is 8.05. The first-order valence-electron chi connectivity index (χ1n) is 8.05. The van der Waals surface area contributed by atoms with E-state index >= 15 is 0 Å². The van der Waals surface area contributed by atoms with E-state index in [2.05, 4.69) is 34.2 Å². The molecule has 1 aromatic rings. The van der Waals surface area contributed by atoms with Crippen molar-refractivity contribution in [3.05, 3.63) is 29.8 Å². The zero-order chi connectivity index (χ0) is 15.6. The highest BCUT2D eigenvalue weighted by Crippen LogP contribution is 2.17. The second-order valence-electron chi connectivity index (χ2n) is 5.78. The predicted molar refractivity (Wildman–Crippen MR) is 91.0 cm³/mol. The molecule has 0 aromatic heterocycles. The van der Waals surface area contributed by atoms with Crippen LogP contribution in [0.25, 0.3) is 0 Å². The molecule has 1 aliphatic rings. The van der Waals surface area contributed by atoms with Crippen LogP contribution >= 0.6 is 0 Å². The van der Waals surface area contributed by atoms with Gasteiger partial charge in [-0.3, -0.25) is 0 Å². The fourth-order valence-corrected chi connectivity index (χ4v) is 2.63. The van der Waals surface area contributed by atoms with Crippen LogP contribution in [-0.4, -0.2) is 62.7 Å². The van der Waals surface area contributed by atoms with Crippen LogP contribution in [-0.2, 0) is 6.54 Å². The standard InChI is InChI=1S/C18H27N3O/c1-3-15-22-18-8-5-4-7-17(18)16-19-9-6-10-21-13-11-20(2)12-14-21/h1,4-5,7-8,19H,6,9-16H2,2H3. The second kappa shape index (κ2) is 9.47. The van der Waals surface area contributed by atoms with Gasteiger partial charge >= 0.3 is 0 Å². The maximum absolute atomic E-state index is 5.56. The number of nitrogens with zero attached hydrogens (tertiary/aromatic N) is 2. The van der Waals surface area contributed by atoms with Gasteiger partial charge in [-0.1, -0.05) is 24.1 Å². The number of nitrogens with one attached hydrogen (secondary N) is 1. The number of para-hydroxylation sites is 1. The lowest BCUT2D eigenvalue weighted by molar-refractivity contribution is 0.152. The van der Waals surface area contributed by atoms with E-state index in [0.717, 1.165) is 24.4 Å². The van der Waals surface area contributed by atoms with Crippen molar-refractivity contribution >= 4 is 0 Å². The van der Waals surface area contributed by atoms with Gasteiger partial charge in [0.25, 0.3) is 0 Å². The van der Waals surface area contributed by atoms with Crippen LogP contribution in [0.5, 0.6) is 5.75 Å². The number of rotatable bonds is 8.